The van der Waals surface area contributed by atoms with Crippen molar-refractivity contribution in [1.82, 2.24) is 0 Å². The number of halogens is 3. The van der Waals surface area contributed by atoms with Gasteiger partial charge in [0.15, 0.2) is 0 Å². The van der Waals surface area contributed by atoms with E-state index in [0.29, 0.717) is 32.2 Å². The van der Waals surface area contributed by atoms with Crippen LogP contribution in [-0.2, 0) is 4.79 Å². The van der Waals surface area contributed by atoms with Crippen molar-refractivity contribution in [3.8, 4) is 11.5 Å². The van der Waals surface area contributed by atoms with Crippen LogP contribution < -0.4 is 15.4 Å². The van der Waals surface area contributed by atoms with Gasteiger partial charge in [0.25, 0.3) is 0 Å². The van der Waals surface area contributed by atoms with E-state index in [1.807, 2.05) is 30.3 Å². The fourth-order valence-corrected chi connectivity index (χ4v) is 2.88. The highest BCUT2D eigenvalue weighted by atomic mass is 35.5. The van der Waals surface area contributed by atoms with Gasteiger partial charge in [-0.05, 0) is 48.5 Å². The Labute approximate surface area is 172 Å². The summed E-state index contributed by atoms with van der Waals surface area (Å²) in [6.45, 7) is 0.0277. The minimum Gasteiger partial charge on any atom is -0.457 e. The molecule has 7 heteroatoms. The quantitative estimate of drug-likeness (QED) is 0.447. The SMILES string of the molecule is O=C(CNc1cc(Cl)c(Cl)cc1Cl)Nc1ccc(Oc2ccccc2)cc1. The molecule has 4 nitrogen and oxygen atoms in total. The predicted octanol–water partition coefficient (Wildman–Crippen LogP) is 6.49. The van der Waals surface area contributed by atoms with Crippen LogP contribution in [0.5, 0.6) is 11.5 Å². The van der Waals surface area contributed by atoms with Crippen molar-refractivity contribution in [2.45, 2.75) is 0 Å². The second-order valence-electron chi connectivity index (χ2n) is 5.59. The number of nitrogens with one attached hydrogen (secondary N) is 2. The zero-order valence-electron chi connectivity index (χ0n) is 14.0. The van der Waals surface area contributed by atoms with Crippen LogP contribution in [-0.4, -0.2) is 12.5 Å². The number of hydrogen-bond donors (Lipinski definition) is 2. The van der Waals surface area contributed by atoms with Crippen LogP contribution in [0.1, 0.15) is 0 Å². The number of hydrogen-bond acceptors (Lipinski definition) is 3. The zero-order chi connectivity index (χ0) is 19.2. The van der Waals surface area contributed by atoms with Crippen molar-refractivity contribution >= 4 is 52.1 Å². The first-order valence-corrected chi connectivity index (χ1v) is 9.16. The lowest BCUT2D eigenvalue weighted by atomic mass is 10.3. The van der Waals surface area contributed by atoms with Gasteiger partial charge in [0, 0.05) is 5.69 Å². The standard InChI is InChI=1S/C20H15Cl3N2O2/c21-16-10-18(23)19(11-17(16)22)24-12-20(26)25-13-6-8-15(9-7-13)27-14-4-2-1-3-5-14/h1-11,24H,12H2,(H,25,26). The molecule has 0 aliphatic heterocycles. The molecule has 0 atom stereocenters. The van der Waals surface area contributed by atoms with E-state index in [-0.39, 0.29) is 12.5 Å². The van der Waals surface area contributed by atoms with Gasteiger partial charge in [-0.2, -0.15) is 0 Å². The van der Waals surface area contributed by atoms with Crippen molar-refractivity contribution in [3.05, 3.63) is 81.8 Å². The Morgan fingerprint density at radius 1 is 0.815 bits per heavy atom. The highest BCUT2D eigenvalue weighted by Crippen LogP contribution is 2.32. The summed E-state index contributed by atoms with van der Waals surface area (Å²) >= 11 is 17.9. The van der Waals surface area contributed by atoms with E-state index < -0.39 is 0 Å². The molecule has 138 valence electrons. The first kappa shape index (κ1) is 19.4. The molecule has 3 aromatic rings. The number of carbonyl (C=O) groups excluding carboxylic acids is 1. The van der Waals surface area contributed by atoms with Gasteiger partial charge >= 0.3 is 0 Å². The molecule has 0 saturated carbocycles. The lowest BCUT2D eigenvalue weighted by Crippen LogP contribution is -2.21. The van der Waals surface area contributed by atoms with Crippen LogP contribution in [0.25, 0.3) is 0 Å². The van der Waals surface area contributed by atoms with Crippen LogP contribution in [0.4, 0.5) is 11.4 Å². The van der Waals surface area contributed by atoms with E-state index in [4.69, 9.17) is 39.5 Å². The second-order valence-corrected chi connectivity index (χ2v) is 6.81. The van der Waals surface area contributed by atoms with Crippen molar-refractivity contribution in [2.75, 3.05) is 17.2 Å². The maximum Gasteiger partial charge on any atom is 0.243 e. The summed E-state index contributed by atoms with van der Waals surface area (Å²) in [5.41, 5.74) is 1.19. The topological polar surface area (TPSA) is 50.4 Å². The van der Waals surface area contributed by atoms with Gasteiger partial charge in [-0.1, -0.05) is 53.0 Å². The van der Waals surface area contributed by atoms with Gasteiger partial charge in [-0.3, -0.25) is 4.79 Å². The zero-order valence-corrected chi connectivity index (χ0v) is 16.3. The summed E-state index contributed by atoms with van der Waals surface area (Å²) in [7, 11) is 0. The van der Waals surface area contributed by atoms with Crippen LogP contribution in [0, 0.1) is 0 Å². The van der Waals surface area contributed by atoms with Gasteiger partial charge in [-0.15, -0.1) is 0 Å². The summed E-state index contributed by atoms with van der Waals surface area (Å²) in [4.78, 5) is 12.1. The Morgan fingerprint density at radius 2 is 1.44 bits per heavy atom. The second kappa shape index (κ2) is 9.00. The molecule has 1 amide bonds. The lowest BCUT2D eigenvalue weighted by Gasteiger charge is -2.11. The number of rotatable bonds is 6. The lowest BCUT2D eigenvalue weighted by molar-refractivity contribution is -0.114. The number of ether oxygens (including phenoxy) is 1. The number of carbonyl (C=O) groups is 1. The maximum atomic E-state index is 12.1. The Bertz CT molecular complexity index is 932. The summed E-state index contributed by atoms with van der Waals surface area (Å²) in [5.74, 6) is 1.20. The highest BCUT2D eigenvalue weighted by molar-refractivity contribution is 6.44. The van der Waals surface area contributed by atoms with E-state index in [2.05, 4.69) is 10.6 Å². The molecule has 0 aromatic heterocycles. The Morgan fingerprint density at radius 3 is 2.15 bits per heavy atom. The molecule has 3 aromatic carbocycles. The fourth-order valence-electron chi connectivity index (χ4n) is 2.27. The molecular weight excluding hydrogens is 407 g/mol. The van der Waals surface area contributed by atoms with E-state index >= 15 is 0 Å². The number of anilines is 2. The van der Waals surface area contributed by atoms with E-state index in [9.17, 15) is 4.79 Å². The molecule has 0 heterocycles. The first-order chi connectivity index (χ1) is 13.0. The molecule has 0 unspecified atom stereocenters. The minimum absolute atomic E-state index is 0.0277. The third kappa shape index (κ3) is 5.54. The summed E-state index contributed by atoms with van der Waals surface area (Å²) in [5, 5.41) is 6.83. The largest absolute Gasteiger partial charge is 0.457 e. The number of para-hydroxylation sites is 1. The first-order valence-electron chi connectivity index (χ1n) is 8.02. The molecule has 0 saturated heterocycles. The predicted molar refractivity (Wildman–Crippen MR) is 112 cm³/mol. The molecule has 27 heavy (non-hydrogen) atoms. The monoisotopic (exact) mass is 420 g/mol. The average molecular weight is 422 g/mol. The molecule has 0 spiro atoms. The maximum absolute atomic E-state index is 12.1. The molecule has 0 fully saturated rings. The van der Waals surface area contributed by atoms with Gasteiger partial charge in [0.1, 0.15) is 11.5 Å². The Hall–Kier alpha value is -2.40. The Balaban J connectivity index is 1.54. The van der Waals surface area contributed by atoms with Gasteiger partial charge in [-0.25, -0.2) is 0 Å². The minimum atomic E-state index is -0.228. The molecule has 0 bridgehead atoms. The fraction of sp³-hybridized carbons (Fsp3) is 0.0500. The highest BCUT2D eigenvalue weighted by Gasteiger charge is 2.08. The molecule has 0 radical (unpaired) electrons. The van der Waals surface area contributed by atoms with Gasteiger partial charge < -0.3 is 15.4 Å². The molecule has 0 aliphatic rings. The van der Waals surface area contributed by atoms with Crippen LogP contribution in [0.2, 0.25) is 15.1 Å². The summed E-state index contributed by atoms with van der Waals surface area (Å²) in [6.07, 6.45) is 0. The summed E-state index contributed by atoms with van der Waals surface area (Å²) < 4.78 is 5.71. The van der Waals surface area contributed by atoms with Crippen molar-refractivity contribution < 1.29 is 9.53 Å². The van der Waals surface area contributed by atoms with E-state index in [1.165, 1.54) is 6.07 Å². The van der Waals surface area contributed by atoms with Crippen molar-refractivity contribution in [3.63, 3.8) is 0 Å². The molecular formula is C20H15Cl3N2O2. The number of amides is 1. The average Bonchev–Trinajstić information content (AvgIpc) is 2.66. The third-order valence-corrected chi connectivity index (χ3v) is 4.60. The number of benzene rings is 3. The molecule has 3 rings (SSSR count). The van der Waals surface area contributed by atoms with Crippen molar-refractivity contribution in [2.24, 2.45) is 0 Å². The normalized spacial score (nSPS) is 10.3. The van der Waals surface area contributed by atoms with E-state index in [1.54, 1.807) is 30.3 Å². The van der Waals surface area contributed by atoms with Gasteiger partial charge in [0.2, 0.25) is 5.91 Å². The van der Waals surface area contributed by atoms with Crippen LogP contribution >= 0.6 is 34.8 Å². The van der Waals surface area contributed by atoms with Gasteiger partial charge in [0.05, 0.1) is 27.3 Å². The summed E-state index contributed by atoms with van der Waals surface area (Å²) in [6, 6.07) is 19.7. The smallest absolute Gasteiger partial charge is 0.243 e. The molecule has 2 N–H and O–H groups in total. The van der Waals surface area contributed by atoms with E-state index in [0.717, 1.165) is 5.75 Å². The van der Waals surface area contributed by atoms with Crippen LogP contribution in [0.15, 0.2) is 66.7 Å². The third-order valence-electron chi connectivity index (χ3n) is 3.57. The Kier molecular flexibility index (Phi) is 6.45. The van der Waals surface area contributed by atoms with Crippen molar-refractivity contribution in [1.29, 1.82) is 0 Å². The molecule has 0 aliphatic carbocycles. The van der Waals surface area contributed by atoms with Crippen LogP contribution in [0.3, 0.4) is 0 Å².